The molecule has 0 spiro atoms. The summed E-state index contributed by atoms with van der Waals surface area (Å²) in [4.78, 5) is 73.2. The second-order valence-electron chi connectivity index (χ2n) is 13.9. The molecule has 0 radical (unpaired) electrons. The third-order valence-corrected chi connectivity index (χ3v) is 15.4. The third kappa shape index (κ3) is 6.75. The molecule has 1 aliphatic rings. The number of hydrogen-bond acceptors (Lipinski definition) is 12. The van der Waals surface area contributed by atoms with Crippen molar-refractivity contribution in [3.8, 4) is 0 Å². The first kappa shape index (κ1) is 36.6. The number of aliphatic hydroxyl groups is 1. The van der Waals surface area contributed by atoms with Gasteiger partial charge in [-0.1, -0.05) is 27.7 Å². The van der Waals surface area contributed by atoms with Crippen LogP contribution in [-0.4, -0.2) is 68.3 Å². The van der Waals surface area contributed by atoms with Crippen molar-refractivity contribution >= 4 is 53.6 Å². The van der Waals surface area contributed by atoms with Gasteiger partial charge in [-0.25, -0.2) is 9.78 Å². The number of ether oxygens (including phenoxy) is 1. The van der Waals surface area contributed by atoms with E-state index in [2.05, 4.69) is 36.1 Å². The van der Waals surface area contributed by atoms with Gasteiger partial charge in [0.1, 0.15) is 23.5 Å². The molecular weight excluding hydrogens is 683 g/mol. The maximum Gasteiger partial charge on any atom is 0.340 e. The Hall–Kier alpha value is -4.64. The van der Waals surface area contributed by atoms with E-state index in [-0.39, 0.29) is 27.8 Å². The zero-order valence-electron chi connectivity index (χ0n) is 28.8. The van der Waals surface area contributed by atoms with Gasteiger partial charge in [-0.05, 0) is 54.4 Å². The molecule has 1 saturated heterocycles. The molecule has 1 unspecified atom stereocenters. The molecule has 2 N–H and O–H groups in total. The van der Waals surface area contributed by atoms with Crippen molar-refractivity contribution in [2.75, 3.05) is 6.54 Å². The Morgan fingerprint density at radius 1 is 1.22 bits per heavy atom. The van der Waals surface area contributed by atoms with Crippen LogP contribution in [0.15, 0.2) is 55.2 Å². The molecule has 1 fully saturated rings. The van der Waals surface area contributed by atoms with E-state index in [1.165, 1.54) is 54.4 Å². The number of carbonyl (C=O) groups excluding carboxylic acids is 4. The Morgan fingerprint density at radius 3 is 2.52 bits per heavy atom. The van der Waals surface area contributed by atoms with Crippen LogP contribution >= 0.6 is 11.3 Å². The Kier molecular flexibility index (Phi) is 9.95. The maximum absolute atomic E-state index is 13.9. The summed E-state index contributed by atoms with van der Waals surface area (Å²) in [5.74, 6) is -5.58. The van der Waals surface area contributed by atoms with Crippen molar-refractivity contribution in [1.29, 1.82) is 0 Å². The Morgan fingerprint density at radius 2 is 1.94 bits per heavy atom. The van der Waals surface area contributed by atoms with Gasteiger partial charge in [0.15, 0.2) is 19.7 Å². The molecule has 0 aliphatic carbocycles. The van der Waals surface area contributed by atoms with Crippen molar-refractivity contribution in [2.45, 2.75) is 71.1 Å². The van der Waals surface area contributed by atoms with Crippen molar-refractivity contribution in [3.05, 3.63) is 92.6 Å². The zero-order chi connectivity index (χ0) is 36.8. The van der Waals surface area contributed by atoms with Crippen LogP contribution < -0.4 is 5.32 Å². The van der Waals surface area contributed by atoms with Gasteiger partial charge < -0.3 is 19.6 Å². The fourth-order valence-corrected chi connectivity index (χ4v) is 7.99. The number of fused-ring (bicyclic) bond motifs is 1. The molecule has 4 heterocycles. The number of β-lactam (4-membered cyclic amide) rings is 1. The van der Waals surface area contributed by atoms with Crippen LogP contribution in [0.4, 0.5) is 5.69 Å². The van der Waals surface area contributed by atoms with Gasteiger partial charge in [-0.15, -0.1) is 11.3 Å². The Bertz CT molecular complexity index is 1990. The minimum Gasteiger partial charge on any atom is -0.459 e. The number of nitrogens with one attached hydrogen (secondary N) is 1. The lowest BCUT2D eigenvalue weighted by atomic mass is 9.72. The molecule has 3 aromatic heterocycles. The van der Waals surface area contributed by atoms with Crippen LogP contribution in [0.25, 0.3) is 4.83 Å². The molecule has 16 heteroatoms. The van der Waals surface area contributed by atoms with Gasteiger partial charge in [-0.2, -0.15) is 0 Å². The van der Waals surface area contributed by atoms with Crippen LogP contribution in [0.3, 0.4) is 0 Å². The summed E-state index contributed by atoms with van der Waals surface area (Å²) >= 11 is 0.961. The summed E-state index contributed by atoms with van der Waals surface area (Å²) in [6.07, 6.45) is 5.18. The number of esters is 1. The zero-order valence-corrected chi connectivity index (χ0v) is 30.6. The monoisotopic (exact) mass is 721 g/mol. The van der Waals surface area contributed by atoms with Crippen LogP contribution in [0, 0.1) is 22.0 Å². The molecular formula is C34H39N5O9SSi. The number of pyridine rings is 1. The van der Waals surface area contributed by atoms with Gasteiger partial charge in [0.05, 0.1) is 27.7 Å². The number of aromatic nitrogens is 3. The number of rotatable bonds is 13. The normalized spacial score (nSPS) is 17.3. The van der Waals surface area contributed by atoms with Gasteiger partial charge in [0.25, 0.3) is 5.69 Å². The number of nitro groups is 1. The minimum atomic E-state index is -2.56. The molecule has 5 rings (SSSR count). The summed E-state index contributed by atoms with van der Waals surface area (Å²) in [6, 6.07) is 7.33. The highest BCUT2D eigenvalue weighted by Gasteiger charge is 2.58. The lowest BCUT2D eigenvalue weighted by Crippen LogP contribution is -2.67. The number of thiazole rings is 1. The molecule has 1 aliphatic heterocycles. The number of nitrogens with zero attached hydrogens (tertiary/aromatic N) is 4. The predicted octanol–water partition coefficient (Wildman–Crippen LogP) is 5.05. The smallest absolute Gasteiger partial charge is 0.340 e. The van der Waals surface area contributed by atoms with Crippen molar-refractivity contribution in [1.82, 2.24) is 19.7 Å². The topological polar surface area (TPSA) is 192 Å². The third-order valence-electron chi connectivity index (χ3n) is 9.72. The van der Waals surface area contributed by atoms with Crippen LogP contribution in [0.5, 0.6) is 0 Å². The van der Waals surface area contributed by atoms with Gasteiger partial charge >= 0.3 is 5.97 Å². The largest absolute Gasteiger partial charge is 0.459 e. The molecule has 1 amide bonds. The van der Waals surface area contributed by atoms with E-state index in [9.17, 15) is 34.4 Å². The molecule has 0 saturated carbocycles. The number of nitro benzene ring substituents is 1. The van der Waals surface area contributed by atoms with Crippen molar-refractivity contribution in [2.24, 2.45) is 11.8 Å². The van der Waals surface area contributed by atoms with Crippen LogP contribution in [0.1, 0.15) is 77.6 Å². The molecule has 14 nitrogen and oxygen atoms in total. The highest BCUT2D eigenvalue weighted by Crippen LogP contribution is 2.41. The summed E-state index contributed by atoms with van der Waals surface area (Å²) < 4.78 is 13.6. The van der Waals surface area contributed by atoms with E-state index in [4.69, 9.17) is 9.16 Å². The summed E-state index contributed by atoms with van der Waals surface area (Å²) in [5.41, 5.74) is -1.47. The van der Waals surface area contributed by atoms with E-state index < -0.39 is 66.8 Å². The van der Waals surface area contributed by atoms with E-state index in [0.717, 1.165) is 11.3 Å². The number of benzene rings is 1. The summed E-state index contributed by atoms with van der Waals surface area (Å²) in [5, 5.41) is 26.0. The maximum atomic E-state index is 13.9. The number of hydrogen-bond donors (Lipinski definition) is 2. The van der Waals surface area contributed by atoms with Crippen molar-refractivity contribution < 1.29 is 38.4 Å². The summed E-state index contributed by atoms with van der Waals surface area (Å²) in [6.45, 7) is 12.9. The van der Waals surface area contributed by atoms with Crippen LogP contribution in [0.2, 0.25) is 18.1 Å². The molecule has 0 bridgehead atoms. The Balaban J connectivity index is 1.41. The highest BCUT2D eigenvalue weighted by molar-refractivity contribution is 7.19. The molecule has 1 aromatic carbocycles. The van der Waals surface area contributed by atoms with Gasteiger partial charge in [0.2, 0.25) is 11.7 Å². The minimum absolute atomic E-state index is 0.0674. The molecule has 4 atom stereocenters. The van der Waals surface area contributed by atoms with Crippen LogP contribution in [-0.2, 0) is 25.4 Å². The summed E-state index contributed by atoms with van der Waals surface area (Å²) in [7, 11) is -2.33. The van der Waals surface area contributed by atoms with E-state index in [1.54, 1.807) is 19.1 Å². The number of Topliss-reactive ketones (excluding diaryl/α,β-unsaturated/α-hetero) is 1. The quantitative estimate of drug-likeness (QED) is 0.0469. The number of ketones is 2. The number of non-ortho nitro benzene ring substituents is 1. The molecule has 4 aromatic rings. The van der Waals surface area contributed by atoms with Gasteiger partial charge in [-0.3, -0.25) is 33.9 Å². The fourth-order valence-electron chi connectivity index (χ4n) is 5.53. The first-order valence-electron chi connectivity index (χ1n) is 15.9. The molecule has 264 valence electrons. The lowest BCUT2D eigenvalue weighted by molar-refractivity contribution is -0.385. The predicted molar refractivity (Wildman–Crippen MR) is 185 cm³/mol. The second-order valence-corrected chi connectivity index (χ2v) is 19.7. The fraction of sp³-hybridized carbons (Fsp3) is 0.412. The molecule has 50 heavy (non-hydrogen) atoms. The second kappa shape index (κ2) is 13.6. The Labute approximate surface area is 293 Å². The SMILES string of the molecule is C[C@@H](O[Si](C)(C)C(C)(C)C)c1cc([N+](=O)[O-])ccc1COC(=O)[C@](O)(C1CNC1=O)[C@@H](C)C(=O)c1cn2cnc(C(=O)c3cccnc3)c2s1. The number of carbonyl (C=O) groups is 4. The average molecular weight is 722 g/mol. The first-order chi connectivity index (χ1) is 23.4. The van der Waals surface area contributed by atoms with E-state index in [1.807, 2.05) is 13.1 Å². The standard InChI is InChI=1S/C34H39N5O9SSi/c1-19(28(40)26-16-38-18-37-27(31(38)49-26)29(41)21-9-8-12-35-14-21)34(44,25-15-36-30(25)42)32(43)47-17-22-10-11-23(39(45)46)13-24(22)20(2)48-50(6,7)33(3,4)5/h8-14,16,18-20,25,44H,15,17H2,1-7H3,(H,36,42)/t19-,20+,25?,34+/m0/s1. The van der Waals surface area contributed by atoms with E-state index >= 15 is 0 Å². The van der Waals surface area contributed by atoms with Crippen molar-refractivity contribution in [3.63, 3.8) is 0 Å². The number of imidazole rings is 1. The first-order valence-corrected chi connectivity index (χ1v) is 19.7. The van der Waals surface area contributed by atoms with Gasteiger partial charge in [0, 0.05) is 42.8 Å². The average Bonchev–Trinajstić information content (AvgIpc) is 3.66. The number of amides is 1. The highest BCUT2D eigenvalue weighted by atomic mass is 32.1. The van der Waals surface area contributed by atoms with E-state index in [0.29, 0.717) is 21.5 Å². The lowest BCUT2D eigenvalue weighted by Gasteiger charge is -2.41.